The van der Waals surface area contributed by atoms with Gasteiger partial charge in [-0.15, -0.1) is 0 Å². The van der Waals surface area contributed by atoms with Crippen molar-refractivity contribution in [3.8, 4) is 5.75 Å². The zero-order valence-corrected chi connectivity index (χ0v) is 20.2. The number of aliphatic hydroxyl groups is 1. The molecule has 0 spiro atoms. The highest BCUT2D eigenvalue weighted by Gasteiger charge is 2.48. The highest BCUT2D eigenvalue weighted by atomic mass is 35.5. The summed E-state index contributed by atoms with van der Waals surface area (Å²) in [6.45, 7) is 8.49. The second kappa shape index (κ2) is 9.03. The molecule has 0 bridgehead atoms. The van der Waals surface area contributed by atoms with E-state index < -0.39 is 17.7 Å². The maximum absolute atomic E-state index is 13.2. The van der Waals surface area contributed by atoms with Gasteiger partial charge in [0, 0.05) is 11.3 Å². The Balaban J connectivity index is 1.86. The molecule has 1 saturated heterocycles. The molecule has 34 heavy (non-hydrogen) atoms. The summed E-state index contributed by atoms with van der Waals surface area (Å²) >= 11 is 6.18. The SMILES string of the molecule is CCOc1cc(/C(O)=C2/C(=O)C(=O)N(c3ccc(C(C)(C)C)cc3)C2c2ccco2)ccc1Cl. The molecule has 2 aromatic carbocycles. The first-order valence-electron chi connectivity index (χ1n) is 11.0. The average molecular weight is 480 g/mol. The van der Waals surface area contributed by atoms with E-state index >= 15 is 0 Å². The average Bonchev–Trinajstić information content (AvgIpc) is 3.41. The summed E-state index contributed by atoms with van der Waals surface area (Å²) in [7, 11) is 0. The summed E-state index contributed by atoms with van der Waals surface area (Å²) in [4.78, 5) is 27.8. The van der Waals surface area contributed by atoms with Gasteiger partial charge in [0.05, 0.1) is 23.5 Å². The number of ketones is 1. The van der Waals surface area contributed by atoms with Gasteiger partial charge >= 0.3 is 0 Å². The van der Waals surface area contributed by atoms with Gasteiger partial charge < -0.3 is 14.3 Å². The van der Waals surface area contributed by atoms with Crippen molar-refractivity contribution < 1.29 is 23.8 Å². The molecule has 1 fully saturated rings. The molecule has 7 heteroatoms. The Morgan fingerprint density at radius 3 is 2.41 bits per heavy atom. The Bertz CT molecular complexity index is 1250. The first-order chi connectivity index (χ1) is 16.1. The predicted octanol–water partition coefficient (Wildman–Crippen LogP) is 6.26. The van der Waals surface area contributed by atoms with Crippen LogP contribution in [0.15, 0.2) is 70.9 Å². The van der Waals surface area contributed by atoms with Gasteiger partial charge in [-0.25, -0.2) is 0 Å². The minimum absolute atomic E-state index is 0.0652. The van der Waals surface area contributed by atoms with Crippen LogP contribution in [-0.4, -0.2) is 23.4 Å². The number of carbonyl (C=O) groups is 2. The maximum Gasteiger partial charge on any atom is 0.300 e. The number of anilines is 1. The molecule has 3 aromatic rings. The summed E-state index contributed by atoms with van der Waals surface area (Å²) in [6, 6.07) is 14.6. The van der Waals surface area contributed by atoms with Crippen LogP contribution in [0, 0.1) is 0 Å². The quantitative estimate of drug-likeness (QED) is 0.265. The Morgan fingerprint density at radius 1 is 1.12 bits per heavy atom. The van der Waals surface area contributed by atoms with Crippen molar-refractivity contribution in [2.75, 3.05) is 11.5 Å². The fourth-order valence-electron chi connectivity index (χ4n) is 4.01. The zero-order valence-electron chi connectivity index (χ0n) is 19.5. The van der Waals surface area contributed by atoms with Crippen molar-refractivity contribution in [2.45, 2.75) is 39.2 Å². The minimum atomic E-state index is -0.929. The third-order valence-electron chi connectivity index (χ3n) is 5.77. The summed E-state index contributed by atoms with van der Waals surface area (Å²) in [5.41, 5.74) is 1.80. The first-order valence-corrected chi connectivity index (χ1v) is 11.4. The number of Topliss-reactive ketones (excluding diaryl/α,β-unsaturated/α-hetero) is 1. The number of rotatable bonds is 5. The van der Waals surface area contributed by atoms with Gasteiger partial charge in [0.2, 0.25) is 0 Å². The van der Waals surface area contributed by atoms with E-state index in [1.807, 2.05) is 19.1 Å². The van der Waals surface area contributed by atoms with Crippen LogP contribution in [0.2, 0.25) is 5.02 Å². The van der Waals surface area contributed by atoms with E-state index in [4.69, 9.17) is 20.8 Å². The highest BCUT2D eigenvalue weighted by Crippen LogP contribution is 2.43. The molecule has 1 aromatic heterocycles. The lowest BCUT2D eigenvalue weighted by Gasteiger charge is -2.25. The number of amides is 1. The van der Waals surface area contributed by atoms with E-state index in [0.717, 1.165) is 5.56 Å². The topological polar surface area (TPSA) is 80.0 Å². The molecule has 1 aliphatic rings. The predicted molar refractivity (Wildman–Crippen MR) is 131 cm³/mol. The van der Waals surface area contributed by atoms with Crippen LogP contribution in [0.4, 0.5) is 5.69 Å². The molecule has 6 nitrogen and oxygen atoms in total. The Kier molecular flexibility index (Phi) is 6.28. The van der Waals surface area contributed by atoms with Crippen molar-refractivity contribution in [1.29, 1.82) is 0 Å². The van der Waals surface area contributed by atoms with E-state index in [1.54, 1.807) is 42.5 Å². The van der Waals surface area contributed by atoms with Gasteiger partial charge in [0.1, 0.15) is 23.3 Å². The molecular formula is C27H26ClNO5. The van der Waals surface area contributed by atoms with E-state index in [9.17, 15) is 14.7 Å². The van der Waals surface area contributed by atoms with Gasteiger partial charge in [-0.05, 0) is 60.4 Å². The summed E-state index contributed by atoms with van der Waals surface area (Å²) < 4.78 is 11.1. The van der Waals surface area contributed by atoms with E-state index in [1.165, 1.54) is 11.2 Å². The van der Waals surface area contributed by atoms with Gasteiger partial charge in [-0.1, -0.05) is 44.5 Å². The molecule has 1 N–H and O–H groups in total. The van der Waals surface area contributed by atoms with Crippen molar-refractivity contribution >= 4 is 34.7 Å². The number of hydrogen-bond donors (Lipinski definition) is 1. The van der Waals surface area contributed by atoms with Crippen molar-refractivity contribution in [2.24, 2.45) is 0 Å². The monoisotopic (exact) mass is 479 g/mol. The standard InChI is InChI=1S/C27H26ClNO5/c1-5-33-21-15-16(8-13-19(21)28)24(30)22-23(20-7-6-14-34-20)29(26(32)25(22)31)18-11-9-17(10-12-18)27(2,3)4/h6-15,23,30H,5H2,1-4H3/b24-22-. The number of halogens is 1. The number of ether oxygens (including phenoxy) is 1. The molecule has 0 radical (unpaired) electrons. The van der Waals surface area contributed by atoms with Gasteiger partial charge in [0.25, 0.3) is 11.7 Å². The number of furan rings is 1. The molecule has 0 saturated carbocycles. The van der Waals surface area contributed by atoms with Gasteiger partial charge in [-0.3, -0.25) is 14.5 Å². The largest absolute Gasteiger partial charge is 0.507 e. The molecule has 1 unspecified atom stereocenters. The lowest BCUT2D eigenvalue weighted by Crippen LogP contribution is -2.29. The Hall–Kier alpha value is -3.51. The molecule has 2 heterocycles. The molecule has 176 valence electrons. The van der Waals surface area contributed by atoms with Crippen LogP contribution in [0.1, 0.15) is 50.6 Å². The van der Waals surface area contributed by atoms with Gasteiger partial charge in [0.15, 0.2) is 0 Å². The molecule has 4 rings (SSSR count). The zero-order chi connectivity index (χ0) is 24.6. The fraction of sp³-hybridized carbons (Fsp3) is 0.259. The van der Waals surface area contributed by atoms with Gasteiger partial charge in [-0.2, -0.15) is 0 Å². The van der Waals surface area contributed by atoms with Crippen molar-refractivity contribution in [3.05, 3.63) is 88.3 Å². The number of carbonyl (C=O) groups excluding carboxylic acids is 2. The van der Waals surface area contributed by atoms with E-state index in [2.05, 4.69) is 20.8 Å². The second-order valence-electron chi connectivity index (χ2n) is 9.06. The second-order valence-corrected chi connectivity index (χ2v) is 9.47. The van der Waals surface area contributed by atoms with Crippen LogP contribution in [-0.2, 0) is 15.0 Å². The third-order valence-corrected chi connectivity index (χ3v) is 6.09. The molecular weight excluding hydrogens is 454 g/mol. The molecule has 1 aliphatic heterocycles. The Morgan fingerprint density at radius 2 is 1.82 bits per heavy atom. The summed E-state index contributed by atoms with van der Waals surface area (Å²) in [5, 5.41) is 11.6. The van der Waals surface area contributed by atoms with E-state index in [0.29, 0.717) is 34.4 Å². The lowest BCUT2D eigenvalue weighted by molar-refractivity contribution is -0.132. The van der Waals surface area contributed by atoms with Crippen LogP contribution >= 0.6 is 11.6 Å². The summed E-state index contributed by atoms with van der Waals surface area (Å²) in [5.74, 6) is -1.14. The highest BCUT2D eigenvalue weighted by molar-refractivity contribution is 6.51. The fourth-order valence-corrected chi connectivity index (χ4v) is 4.18. The van der Waals surface area contributed by atoms with Crippen LogP contribution in [0.5, 0.6) is 5.75 Å². The summed E-state index contributed by atoms with van der Waals surface area (Å²) in [6.07, 6.45) is 1.47. The normalized spacial score (nSPS) is 17.9. The smallest absolute Gasteiger partial charge is 0.300 e. The number of aliphatic hydroxyl groups excluding tert-OH is 1. The number of benzene rings is 2. The molecule has 1 atom stereocenters. The first kappa shape index (κ1) is 23.6. The minimum Gasteiger partial charge on any atom is -0.507 e. The number of hydrogen-bond acceptors (Lipinski definition) is 5. The lowest BCUT2D eigenvalue weighted by atomic mass is 9.87. The Labute approximate surface area is 203 Å². The van der Waals surface area contributed by atoms with E-state index in [-0.39, 0.29) is 16.7 Å². The third kappa shape index (κ3) is 4.21. The van der Waals surface area contributed by atoms with Crippen LogP contribution in [0.25, 0.3) is 5.76 Å². The molecule has 1 amide bonds. The van der Waals surface area contributed by atoms with Crippen molar-refractivity contribution in [1.82, 2.24) is 0 Å². The molecule has 0 aliphatic carbocycles. The number of nitrogens with zero attached hydrogens (tertiary/aromatic N) is 1. The van der Waals surface area contributed by atoms with Crippen molar-refractivity contribution in [3.63, 3.8) is 0 Å². The maximum atomic E-state index is 13.2. The van der Waals surface area contributed by atoms with Crippen LogP contribution in [0.3, 0.4) is 0 Å². The van der Waals surface area contributed by atoms with Crippen LogP contribution < -0.4 is 9.64 Å².